The Kier molecular flexibility index (Phi) is 4.66. The molecular formula is C19H12N2O6S. The van der Waals surface area contributed by atoms with Crippen molar-refractivity contribution >= 4 is 40.3 Å². The SMILES string of the molecule is O=C1CC(=O)OC(c2ccc(Sc3cccc4cccnc34)c([N+](=O)[O-])c2)O1. The molecule has 4 rings (SSSR count). The molecule has 2 aromatic carbocycles. The minimum atomic E-state index is -1.29. The summed E-state index contributed by atoms with van der Waals surface area (Å²) in [6, 6.07) is 13.7. The fraction of sp³-hybridized carbons (Fsp3) is 0.105. The van der Waals surface area contributed by atoms with Gasteiger partial charge in [0.2, 0.25) is 0 Å². The van der Waals surface area contributed by atoms with Crippen LogP contribution in [0.4, 0.5) is 5.69 Å². The second-order valence-corrected chi connectivity index (χ2v) is 6.99. The molecular weight excluding hydrogens is 384 g/mol. The van der Waals surface area contributed by atoms with Crippen LogP contribution in [-0.2, 0) is 19.1 Å². The lowest BCUT2D eigenvalue weighted by Crippen LogP contribution is -2.26. The lowest BCUT2D eigenvalue weighted by molar-refractivity contribution is -0.387. The maximum atomic E-state index is 11.6. The number of para-hydroxylation sites is 1. The summed E-state index contributed by atoms with van der Waals surface area (Å²) in [7, 11) is 0. The van der Waals surface area contributed by atoms with E-state index >= 15 is 0 Å². The van der Waals surface area contributed by atoms with E-state index in [0.717, 1.165) is 15.8 Å². The quantitative estimate of drug-likeness (QED) is 0.284. The molecule has 28 heavy (non-hydrogen) atoms. The van der Waals surface area contributed by atoms with Gasteiger partial charge in [-0.15, -0.1) is 0 Å². The van der Waals surface area contributed by atoms with Crippen molar-refractivity contribution in [3.63, 3.8) is 0 Å². The van der Waals surface area contributed by atoms with Crippen LogP contribution in [0, 0.1) is 10.1 Å². The van der Waals surface area contributed by atoms with Crippen molar-refractivity contribution in [2.45, 2.75) is 22.5 Å². The van der Waals surface area contributed by atoms with Crippen LogP contribution in [0.3, 0.4) is 0 Å². The third-order valence-corrected chi connectivity index (χ3v) is 5.15. The van der Waals surface area contributed by atoms with Crippen LogP contribution < -0.4 is 0 Å². The number of hydrogen-bond acceptors (Lipinski definition) is 8. The number of nitrogens with zero attached hydrogens (tertiary/aromatic N) is 2. The van der Waals surface area contributed by atoms with E-state index in [1.165, 1.54) is 30.0 Å². The summed E-state index contributed by atoms with van der Waals surface area (Å²) in [5.74, 6) is -1.46. The monoisotopic (exact) mass is 396 g/mol. The van der Waals surface area contributed by atoms with Crippen LogP contribution in [0.1, 0.15) is 18.3 Å². The predicted octanol–water partition coefficient (Wildman–Crippen LogP) is 3.78. The van der Waals surface area contributed by atoms with E-state index in [1.54, 1.807) is 6.20 Å². The van der Waals surface area contributed by atoms with Crippen LogP contribution in [0.5, 0.6) is 0 Å². The predicted molar refractivity (Wildman–Crippen MR) is 98.5 cm³/mol. The Morgan fingerprint density at radius 2 is 1.79 bits per heavy atom. The van der Waals surface area contributed by atoms with Crippen molar-refractivity contribution in [1.29, 1.82) is 0 Å². The number of aromatic nitrogens is 1. The van der Waals surface area contributed by atoms with Crippen LogP contribution >= 0.6 is 11.8 Å². The molecule has 9 heteroatoms. The Labute approximate surface area is 162 Å². The number of cyclic esters (lactones) is 2. The Morgan fingerprint density at radius 3 is 2.54 bits per heavy atom. The first-order chi connectivity index (χ1) is 13.5. The van der Waals surface area contributed by atoms with Gasteiger partial charge in [-0.25, -0.2) is 0 Å². The van der Waals surface area contributed by atoms with Gasteiger partial charge in [0.1, 0.15) is 6.42 Å². The van der Waals surface area contributed by atoms with E-state index in [4.69, 9.17) is 9.47 Å². The number of ether oxygens (including phenoxy) is 2. The lowest BCUT2D eigenvalue weighted by atomic mass is 10.2. The zero-order chi connectivity index (χ0) is 19.7. The van der Waals surface area contributed by atoms with Gasteiger partial charge in [-0.2, -0.15) is 0 Å². The molecule has 0 saturated carbocycles. The minimum Gasteiger partial charge on any atom is -0.420 e. The fourth-order valence-electron chi connectivity index (χ4n) is 2.79. The van der Waals surface area contributed by atoms with Gasteiger partial charge < -0.3 is 9.47 Å². The number of carbonyl (C=O) groups is 2. The smallest absolute Gasteiger partial charge is 0.320 e. The first-order valence-electron chi connectivity index (χ1n) is 8.20. The third-order valence-electron chi connectivity index (χ3n) is 4.03. The summed E-state index contributed by atoms with van der Waals surface area (Å²) < 4.78 is 9.94. The average Bonchev–Trinajstić information content (AvgIpc) is 2.67. The van der Waals surface area contributed by atoms with E-state index < -0.39 is 29.6 Å². The summed E-state index contributed by atoms with van der Waals surface area (Å²) in [6.07, 6.45) is -0.0956. The van der Waals surface area contributed by atoms with Crippen LogP contribution in [0.15, 0.2) is 64.5 Å². The normalized spacial score (nSPS) is 14.6. The highest BCUT2D eigenvalue weighted by molar-refractivity contribution is 7.99. The highest BCUT2D eigenvalue weighted by atomic mass is 32.2. The molecule has 0 unspecified atom stereocenters. The van der Waals surface area contributed by atoms with Crippen molar-refractivity contribution in [1.82, 2.24) is 4.98 Å². The number of pyridine rings is 1. The Hall–Kier alpha value is -3.46. The minimum absolute atomic E-state index is 0.187. The van der Waals surface area contributed by atoms with E-state index in [0.29, 0.717) is 4.90 Å². The maximum Gasteiger partial charge on any atom is 0.320 e. The molecule has 1 aliphatic heterocycles. The van der Waals surface area contributed by atoms with Crippen molar-refractivity contribution in [3.05, 3.63) is 70.4 Å². The first-order valence-corrected chi connectivity index (χ1v) is 9.02. The van der Waals surface area contributed by atoms with Crippen molar-refractivity contribution in [2.24, 2.45) is 0 Å². The number of benzene rings is 2. The fourth-order valence-corrected chi connectivity index (χ4v) is 3.81. The molecule has 1 saturated heterocycles. The van der Waals surface area contributed by atoms with Gasteiger partial charge in [0.25, 0.3) is 12.0 Å². The summed E-state index contributed by atoms with van der Waals surface area (Å²) in [5, 5.41) is 12.5. The molecule has 1 aliphatic rings. The Balaban J connectivity index is 1.70. The van der Waals surface area contributed by atoms with Gasteiger partial charge in [-0.1, -0.05) is 30.0 Å². The molecule has 8 nitrogen and oxygen atoms in total. The Morgan fingerprint density at radius 1 is 1.04 bits per heavy atom. The molecule has 3 aromatic rings. The summed E-state index contributed by atoms with van der Waals surface area (Å²) in [4.78, 5) is 39.5. The van der Waals surface area contributed by atoms with E-state index in [-0.39, 0.29) is 11.3 Å². The molecule has 0 amide bonds. The highest BCUT2D eigenvalue weighted by Gasteiger charge is 2.31. The second kappa shape index (κ2) is 7.28. The number of nitro groups is 1. The molecule has 1 aromatic heterocycles. The molecule has 0 spiro atoms. The number of carbonyl (C=O) groups excluding carboxylic acids is 2. The summed E-state index contributed by atoms with van der Waals surface area (Å²) >= 11 is 1.21. The van der Waals surface area contributed by atoms with Gasteiger partial charge >= 0.3 is 11.9 Å². The number of esters is 2. The molecule has 0 aliphatic carbocycles. The molecule has 2 heterocycles. The average molecular weight is 396 g/mol. The number of hydrogen-bond donors (Lipinski definition) is 0. The highest BCUT2D eigenvalue weighted by Crippen LogP contribution is 2.39. The molecule has 140 valence electrons. The number of rotatable bonds is 4. The van der Waals surface area contributed by atoms with Gasteiger partial charge in [-0.3, -0.25) is 24.7 Å². The van der Waals surface area contributed by atoms with Gasteiger partial charge in [0.15, 0.2) is 0 Å². The molecule has 0 atom stereocenters. The molecule has 1 fully saturated rings. The zero-order valence-electron chi connectivity index (χ0n) is 14.2. The molecule has 0 bridgehead atoms. The van der Waals surface area contributed by atoms with Gasteiger partial charge in [0.05, 0.1) is 15.3 Å². The standard InChI is InChI=1S/C19H12N2O6S/c22-16-10-17(23)27-19(26-16)12-6-7-14(13(9-12)21(24)25)28-15-5-1-3-11-4-2-8-20-18(11)15/h1-9,19H,10H2. The summed E-state index contributed by atoms with van der Waals surface area (Å²) in [5.41, 5.74) is 0.769. The second-order valence-electron chi connectivity index (χ2n) is 5.91. The number of fused-ring (bicyclic) bond motifs is 1. The van der Waals surface area contributed by atoms with Crippen molar-refractivity contribution in [2.75, 3.05) is 0 Å². The zero-order valence-corrected chi connectivity index (χ0v) is 15.0. The van der Waals surface area contributed by atoms with Gasteiger partial charge in [0, 0.05) is 28.1 Å². The topological polar surface area (TPSA) is 109 Å². The largest absolute Gasteiger partial charge is 0.420 e. The van der Waals surface area contributed by atoms with Crippen LogP contribution in [0.25, 0.3) is 10.9 Å². The number of nitro benzene ring substituents is 1. The van der Waals surface area contributed by atoms with Gasteiger partial charge in [-0.05, 0) is 24.3 Å². The third kappa shape index (κ3) is 3.52. The van der Waals surface area contributed by atoms with E-state index in [2.05, 4.69) is 4.98 Å². The Bertz CT molecular complexity index is 1100. The van der Waals surface area contributed by atoms with Crippen molar-refractivity contribution in [3.8, 4) is 0 Å². The van der Waals surface area contributed by atoms with Crippen LogP contribution in [-0.4, -0.2) is 21.8 Å². The maximum absolute atomic E-state index is 11.6. The summed E-state index contributed by atoms with van der Waals surface area (Å²) in [6.45, 7) is 0. The lowest BCUT2D eigenvalue weighted by Gasteiger charge is -2.22. The van der Waals surface area contributed by atoms with Crippen molar-refractivity contribution < 1.29 is 24.0 Å². The van der Waals surface area contributed by atoms with E-state index in [9.17, 15) is 19.7 Å². The molecule has 0 radical (unpaired) electrons. The first kappa shape index (κ1) is 17.9. The van der Waals surface area contributed by atoms with Crippen LogP contribution in [0.2, 0.25) is 0 Å². The van der Waals surface area contributed by atoms with E-state index in [1.807, 2.05) is 30.3 Å². The molecule has 0 N–H and O–H groups in total.